The lowest BCUT2D eigenvalue weighted by atomic mass is 9.84. The summed E-state index contributed by atoms with van der Waals surface area (Å²) in [7, 11) is 0. The van der Waals surface area contributed by atoms with E-state index in [0.29, 0.717) is 24.7 Å². The molecule has 0 aromatic carbocycles. The number of hydrogen-bond donors (Lipinski definition) is 2. The summed E-state index contributed by atoms with van der Waals surface area (Å²) in [5.41, 5.74) is 0. The lowest BCUT2D eigenvalue weighted by Gasteiger charge is -2.24. The van der Waals surface area contributed by atoms with Gasteiger partial charge in [0.2, 0.25) is 6.41 Å². The summed E-state index contributed by atoms with van der Waals surface area (Å²) in [5, 5.41) is 11.3. The van der Waals surface area contributed by atoms with Crippen molar-refractivity contribution in [3.8, 4) is 0 Å². The number of hydrogen-bond acceptors (Lipinski definition) is 2. The van der Waals surface area contributed by atoms with Crippen LogP contribution >= 0.6 is 0 Å². The van der Waals surface area contributed by atoms with Crippen LogP contribution in [0.15, 0.2) is 0 Å². The Balaban J connectivity index is 1.89. The third-order valence-electron chi connectivity index (χ3n) is 3.99. The van der Waals surface area contributed by atoms with Crippen LogP contribution in [0.3, 0.4) is 0 Å². The minimum absolute atomic E-state index is 0.492. The van der Waals surface area contributed by atoms with E-state index in [4.69, 9.17) is 5.11 Å². The van der Waals surface area contributed by atoms with Crippen molar-refractivity contribution >= 4 is 12.4 Å². The second kappa shape index (κ2) is 4.21. The Morgan fingerprint density at radius 2 is 2.27 bits per heavy atom. The maximum absolute atomic E-state index is 10.9. The Kier molecular flexibility index (Phi) is 2.93. The Bertz CT molecular complexity index is 267. The van der Waals surface area contributed by atoms with Crippen molar-refractivity contribution in [2.75, 3.05) is 0 Å². The van der Waals surface area contributed by atoms with Gasteiger partial charge in [0.25, 0.3) is 0 Å². The van der Waals surface area contributed by atoms with Gasteiger partial charge in [-0.3, -0.25) is 4.79 Å². The first-order valence-corrected chi connectivity index (χ1v) is 5.63. The minimum Gasteiger partial charge on any atom is -0.480 e. The van der Waals surface area contributed by atoms with Gasteiger partial charge in [-0.15, -0.1) is 0 Å². The molecule has 0 aliphatic heterocycles. The number of fused-ring (bicyclic) bond motifs is 2. The molecule has 0 aromatic rings. The lowest BCUT2D eigenvalue weighted by molar-refractivity contribution is -0.141. The van der Waals surface area contributed by atoms with E-state index in [2.05, 4.69) is 5.32 Å². The van der Waals surface area contributed by atoms with E-state index in [9.17, 15) is 9.59 Å². The molecule has 0 heterocycles. The molecule has 2 saturated carbocycles. The van der Waals surface area contributed by atoms with Crippen molar-refractivity contribution in [2.24, 2.45) is 17.8 Å². The highest BCUT2D eigenvalue weighted by Gasteiger charge is 2.40. The number of carbonyl (C=O) groups excluding carboxylic acids is 1. The Hall–Kier alpha value is -1.06. The van der Waals surface area contributed by atoms with Gasteiger partial charge in [-0.1, -0.05) is 6.42 Å². The van der Waals surface area contributed by atoms with Crippen molar-refractivity contribution in [3.05, 3.63) is 0 Å². The normalized spacial score (nSPS) is 35.1. The van der Waals surface area contributed by atoms with E-state index in [1.807, 2.05) is 0 Å². The molecule has 2 N–H and O–H groups in total. The van der Waals surface area contributed by atoms with Crippen LogP contribution in [0, 0.1) is 17.8 Å². The first-order chi connectivity index (χ1) is 7.20. The van der Waals surface area contributed by atoms with Crippen LogP contribution in [0.4, 0.5) is 0 Å². The standard InChI is InChI=1S/C11H17NO3/c13-6-12-10(11(14)15)5-9-4-7-1-2-8(9)3-7/h6-10H,1-5H2,(H,12,13)(H,14,15). The predicted molar refractivity (Wildman–Crippen MR) is 54.2 cm³/mol. The van der Waals surface area contributed by atoms with Crippen LogP contribution in [0.25, 0.3) is 0 Å². The summed E-state index contributed by atoms with van der Waals surface area (Å²) < 4.78 is 0. The summed E-state index contributed by atoms with van der Waals surface area (Å²) in [5.74, 6) is 1.14. The third kappa shape index (κ3) is 2.13. The fourth-order valence-corrected chi connectivity index (χ4v) is 3.29. The van der Waals surface area contributed by atoms with Crippen LogP contribution in [-0.4, -0.2) is 23.5 Å². The van der Waals surface area contributed by atoms with E-state index >= 15 is 0 Å². The summed E-state index contributed by atoms with van der Waals surface area (Å²) in [6.07, 6.45) is 6.11. The first-order valence-electron chi connectivity index (χ1n) is 5.63. The molecule has 84 valence electrons. The van der Waals surface area contributed by atoms with Gasteiger partial charge in [-0.2, -0.15) is 0 Å². The first kappa shape index (κ1) is 10.5. The fraction of sp³-hybridized carbons (Fsp3) is 0.818. The second-order valence-corrected chi connectivity index (χ2v) is 4.85. The number of nitrogens with one attached hydrogen (secondary N) is 1. The highest BCUT2D eigenvalue weighted by Crippen LogP contribution is 2.49. The zero-order chi connectivity index (χ0) is 10.8. The molecule has 2 aliphatic carbocycles. The summed E-state index contributed by atoms with van der Waals surface area (Å²) >= 11 is 0. The molecule has 15 heavy (non-hydrogen) atoms. The molecule has 4 heteroatoms. The van der Waals surface area contributed by atoms with Crippen LogP contribution in [-0.2, 0) is 9.59 Å². The van der Waals surface area contributed by atoms with Crippen LogP contribution in [0.1, 0.15) is 32.1 Å². The Morgan fingerprint density at radius 1 is 1.47 bits per heavy atom. The number of carboxylic acid groups (broad SMARTS) is 1. The molecule has 2 fully saturated rings. The molecular formula is C11H17NO3. The van der Waals surface area contributed by atoms with E-state index < -0.39 is 12.0 Å². The van der Waals surface area contributed by atoms with Gasteiger partial charge >= 0.3 is 5.97 Å². The minimum atomic E-state index is -0.912. The van der Waals surface area contributed by atoms with Gasteiger partial charge in [0.05, 0.1) is 0 Å². The number of rotatable bonds is 5. The van der Waals surface area contributed by atoms with Crippen LogP contribution < -0.4 is 5.32 Å². The van der Waals surface area contributed by atoms with Crippen molar-refractivity contribution < 1.29 is 14.7 Å². The molecule has 0 aromatic heterocycles. The van der Waals surface area contributed by atoms with E-state index in [0.717, 1.165) is 12.3 Å². The third-order valence-corrected chi connectivity index (χ3v) is 3.99. The molecule has 2 aliphatic rings. The van der Waals surface area contributed by atoms with Crippen molar-refractivity contribution in [1.82, 2.24) is 5.32 Å². The van der Waals surface area contributed by atoms with E-state index in [-0.39, 0.29) is 0 Å². The zero-order valence-electron chi connectivity index (χ0n) is 8.69. The van der Waals surface area contributed by atoms with Crippen molar-refractivity contribution in [3.63, 3.8) is 0 Å². The molecule has 4 atom stereocenters. The molecule has 0 saturated heterocycles. The van der Waals surface area contributed by atoms with E-state index in [1.54, 1.807) is 0 Å². The van der Waals surface area contributed by atoms with Gasteiger partial charge in [0.15, 0.2) is 0 Å². The molecule has 1 amide bonds. The average molecular weight is 211 g/mol. The monoisotopic (exact) mass is 211 g/mol. The van der Waals surface area contributed by atoms with Gasteiger partial charge in [0, 0.05) is 0 Å². The number of carboxylic acids is 1. The topological polar surface area (TPSA) is 66.4 Å². The number of amides is 1. The van der Waals surface area contributed by atoms with Gasteiger partial charge in [0.1, 0.15) is 6.04 Å². The van der Waals surface area contributed by atoms with Gasteiger partial charge in [-0.05, 0) is 43.4 Å². The number of aliphatic carboxylic acids is 1. The predicted octanol–water partition coefficient (Wildman–Crippen LogP) is 1.01. The maximum Gasteiger partial charge on any atom is 0.326 e. The van der Waals surface area contributed by atoms with E-state index in [1.165, 1.54) is 19.3 Å². The fourth-order valence-electron chi connectivity index (χ4n) is 3.29. The van der Waals surface area contributed by atoms with Crippen LogP contribution in [0.2, 0.25) is 0 Å². The highest BCUT2D eigenvalue weighted by atomic mass is 16.4. The SMILES string of the molecule is O=CNC(CC1CC2CCC1C2)C(=O)O. The molecule has 0 spiro atoms. The zero-order valence-corrected chi connectivity index (χ0v) is 8.69. The molecule has 4 unspecified atom stereocenters. The molecule has 2 bridgehead atoms. The lowest BCUT2D eigenvalue weighted by Crippen LogP contribution is -2.38. The Morgan fingerprint density at radius 3 is 2.73 bits per heavy atom. The summed E-state index contributed by atoms with van der Waals surface area (Å²) in [4.78, 5) is 21.1. The molecule has 4 nitrogen and oxygen atoms in total. The molecule has 2 rings (SSSR count). The molecular weight excluding hydrogens is 194 g/mol. The highest BCUT2D eigenvalue weighted by molar-refractivity contribution is 5.76. The largest absolute Gasteiger partial charge is 0.480 e. The summed E-state index contributed by atoms with van der Waals surface area (Å²) in [6, 6.07) is -0.688. The van der Waals surface area contributed by atoms with Crippen LogP contribution in [0.5, 0.6) is 0 Å². The maximum atomic E-state index is 10.9. The second-order valence-electron chi connectivity index (χ2n) is 4.85. The number of carbonyl (C=O) groups is 2. The average Bonchev–Trinajstić information content (AvgIpc) is 2.78. The smallest absolute Gasteiger partial charge is 0.326 e. The van der Waals surface area contributed by atoms with Gasteiger partial charge < -0.3 is 10.4 Å². The van der Waals surface area contributed by atoms with Crippen molar-refractivity contribution in [2.45, 2.75) is 38.1 Å². The summed E-state index contributed by atoms with van der Waals surface area (Å²) in [6.45, 7) is 0. The Labute approximate surface area is 89.0 Å². The molecule has 0 radical (unpaired) electrons. The van der Waals surface area contributed by atoms with Crippen molar-refractivity contribution in [1.29, 1.82) is 0 Å². The van der Waals surface area contributed by atoms with Gasteiger partial charge in [-0.25, -0.2) is 4.79 Å². The quantitative estimate of drug-likeness (QED) is 0.667.